The van der Waals surface area contributed by atoms with E-state index in [9.17, 15) is 19.2 Å². The van der Waals surface area contributed by atoms with Crippen LogP contribution in [0.25, 0.3) is 11.0 Å². The maximum absolute atomic E-state index is 13.3. The molecule has 0 saturated heterocycles. The van der Waals surface area contributed by atoms with Gasteiger partial charge in [-0.1, -0.05) is 31.5 Å². The number of hydrogen-bond acceptors (Lipinski definition) is 6. The predicted octanol–water partition coefficient (Wildman–Crippen LogP) is 4.05. The van der Waals surface area contributed by atoms with Crippen LogP contribution in [0.15, 0.2) is 47.5 Å². The van der Waals surface area contributed by atoms with Gasteiger partial charge in [0.15, 0.2) is 6.10 Å². The number of allylic oxidation sites excluding steroid dienone is 1. The molecule has 3 aromatic rings. The topological polar surface area (TPSA) is 130 Å². The number of rotatable bonds is 11. The van der Waals surface area contributed by atoms with Gasteiger partial charge in [0.2, 0.25) is 5.91 Å². The Kier molecular flexibility index (Phi) is 10.7. The lowest BCUT2D eigenvalue weighted by molar-refractivity contribution is -0.125. The lowest BCUT2D eigenvalue weighted by atomic mass is 10.0. The number of carbonyl (C=O) groups is 3. The highest BCUT2D eigenvalue weighted by atomic mass is 35.5. The van der Waals surface area contributed by atoms with E-state index in [1.165, 1.54) is 40.6 Å². The predicted molar refractivity (Wildman–Crippen MR) is 159 cm³/mol. The molecule has 12 heteroatoms. The molecule has 0 radical (unpaired) electrons. The van der Waals surface area contributed by atoms with Crippen LogP contribution in [0.2, 0.25) is 5.02 Å². The summed E-state index contributed by atoms with van der Waals surface area (Å²) in [6.07, 6.45) is 5.57. The van der Waals surface area contributed by atoms with E-state index in [0.29, 0.717) is 17.4 Å². The summed E-state index contributed by atoms with van der Waals surface area (Å²) in [6, 6.07) is 5.01. The van der Waals surface area contributed by atoms with Gasteiger partial charge in [-0.05, 0) is 55.0 Å². The highest BCUT2D eigenvalue weighted by molar-refractivity contribution is 6.32. The van der Waals surface area contributed by atoms with Gasteiger partial charge in [0, 0.05) is 46.3 Å². The zero-order valence-corrected chi connectivity index (χ0v) is 25.0. The van der Waals surface area contributed by atoms with Crippen LogP contribution in [0.3, 0.4) is 0 Å². The van der Waals surface area contributed by atoms with E-state index in [2.05, 4.69) is 29.1 Å². The third-order valence-electron chi connectivity index (χ3n) is 6.19. The number of aromatic amines is 1. The molecule has 3 aromatic heterocycles. The summed E-state index contributed by atoms with van der Waals surface area (Å²) in [4.78, 5) is 60.8. The van der Waals surface area contributed by atoms with Crippen LogP contribution in [0.5, 0.6) is 0 Å². The summed E-state index contributed by atoms with van der Waals surface area (Å²) < 4.78 is 6.82. The van der Waals surface area contributed by atoms with Gasteiger partial charge in [-0.3, -0.25) is 19.4 Å². The molecule has 0 spiro atoms. The number of pyridine rings is 2. The molecule has 2 N–H and O–H groups in total. The minimum absolute atomic E-state index is 0.0412. The SMILES string of the molecule is CC(C)Cc1c(Cl)cnc2cc(Cn3cccc(NC(=O)C(CC/C=C/C(=O)N(C)C)OC(=O)N(C)C)c3=O)[nH]c12. The van der Waals surface area contributed by atoms with Crippen molar-refractivity contribution in [3.63, 3.8) is 0 Å². The molecule has 0 fully saturated rings. The van der Waals surface area contributed by atoms with Gasteiger partial charge in [-0.15, -0.1) is 0 Å². The van der Waals surface area contributed by atoms with Crippen LogP contribution >= 0.6 is 11.6 Å². The number of aromatic nitrogens is 3. The first-order valence-corrected chi connectivity index (χ1v) is 13.7. The summed E-state index contributed by atoms with van der Waals surface area (Å²) >= 11 is 6.42. The fourth-order valence-corrected chi connectivity index (χ4v) is 4.27. The standard InChI is InChI=1S/C29H37ClN6O5/c1-18(2)14-20-21(30)16-31-23-15-19(32-26(20)23)17-36-13-9-10-22(28(36)39)33-27(38)24(41-29(40)35(5)6)11-7-8-12-25(37)34(3)4/h8-10,12-13,15-16,18,24,32H,7,11,14,17H2,1-6H3,(H,33,38)/b12-8+. The Balaban J connectivity index is 1.79. The molecule has 3 amide bonds. The third-order valence-corrected chi connectivity index (χ3v) is 6.51. The molecule has 0 aliphatic rings. The Morgan fingerprint density at radius 3 is 2.59 bits per heavy atom. The van der Waals surface area contributed by atoms with E-state index in [1.54, 1.807) is 38.6 Å². The Bertz CT molecular complexity index is 1490. The molecule has 0 saturated carbocycles. The maximum atomic E-state index is 13.3. The van der Waals surface area contributed by atoms with Crippen LogP contribution < -0.4 is 10.9 Å². The minimum atomic E-state index is -1.18. The number of anilines is 1. The number of amides is 3. The summed E-state index contributed by atoms with van der Waals surface area (Å²) in [5, 5.41) is 3.19. The van der Waals surface area contributed by atoms with Gasteiger partial charge in [0.1, 0.15) is 5.69 Å². The summed E-state index contributed by atoms with van der Waals surface area (Å²) in [5.41, 5.74) is 2.93. The molecule has 0 aliphatic heterocycles. The van der Waals surface area contributed by atoms with Crippen molar-refractivity contribution in [2.24, 2.45) is 5.92 Å². The normalized spacial score (nSPS) is 12.1. The van der Waals surface area contributed by atoms with Gasteiger partial charge in [0.25, 0.3) is 11.5 Å². The molecule has 1 unspecified atom stereocenters. The third kappa shape index (κ3) is 8.43. The van der Waals surface area contributed by atoms with Gasteiger partial charge < -0.3 is 29.4 Å². The lowest BCUT2D eigenvalue weighted by Crippen LogP contribution is -2.37. The molecule has 0 aliphatic carbocycles. The number of ether oxygens (including phenoxy) is 1. The van der Waals surface area contributed by atoms with E-state index in [-0.39, 0.29) is 24.6 Å². The second-order valence-corrected chi connectivity index (χ2v) is 11.0. The summed E-state index contributed by atoms with van der Waals surface area (Å²) in [7, 11) is 6.26. The Morgan fingerprint density at radius 2 is 1.93 bits per heavy atom. The summed E-state index contributed by atoms with van der Waals surface area (Å²) in [5.74, 6) is -0.457. The van der Waals surface area contributed by atoms with E-state index < -0.39 is 23.7 Å². The van der Waals surface area contributed by atoms with Crippen molar-refractivity contribution in [3.8, 4) is 0 Å². The fraction of sp³-hybridized carbons (Fsp3) is 0.414. The van der Waals surface area contributed by atoms with E-state index in [4.69, 9.17) is 16.3 Å². The fourth-order valence-electron chi connectivity index (χ4n) is 4.05. The van der Waals surface area contributed by atoms with Crippen LogP contribution in [0.1, 0.15) is 37.9 Å². The minimum Gasteiger partial charge on any atom is -0.436 e. The van der Waals surface area contributed by atoms with Crippen LogP contribution in [-0.4, -0.2) is 76.5 Å². The zero-order valence-electron chi connectivity index (χ0n) is 24.2. The number of likely N-dealkylation sites (N-methyl/N-ethyl adjacent to an activating group) is 1. The van der Waals surface area contributed by atoms with Crippen LogP contribution in [0, 0.1) is 5.92 Å². The molecule has 3 heterocycles. The largest absolute Gasteiger partial charge is 0.436 e. The Hall–Kier alpha value is -4.12. The molecule has 11 nitrogen and oxygen atoms in total. The van der Waals surface area contributed by atoms with Gasteiger partial charge in [0.05, 0.1) is 22.6 Å². The number of H-pyrrole nitrogens is 1. The molecule has 1 atom stereocenters. The first-order chi connectivity index (χ1) is 19.4. The van der Waals surface area contributed by atoms with Crippen molar-refractivity contribution < 1.29 is 19.1 Å². The number of fused-ring (bicyclic) bond motifs is 1. The van der Waals surface area contributed by atoms with Crippen molar-refractivity contribution in [2.45, 2.75) is 45.8 Å². The van der Waals surface area contributed by atoms with Gasteiger partial charge in [-0.2, -0.15) is 0 Å². The van der Waals surface area contributed by atoms with Crippen molar-refractivity contribution in [1.82, 2.24) is 24.3 Å². The second-order valence-electron chi connectivity index (χ2n) is 10.6. The lowest BCUT2D eigenvalue weighted by Gasteiger charge is -2.19. The van der Waals surface area contributed by atoms with E-state index in [0.717, 1.165) is 28.7 Å². The quantitative estimate of drug-likeness (QED) is 0.327. The van der Waals surface area contributed by atoms with E-state index >= 15 is 0 Å². The molecular formula is C29H37ClN6O5. The second kappa shape index (κ2) is 14.0. The van der Waals surface area contributed by atoms with Crippen LogP contribution in [-0.2, 0) is 27.3 Å². The van der Waals surface area contributed by atoms with E-state index in [1.807, 2.05) is 6.07 Å². The monoisotopic (exact) mass is 584 g/mol. The molecular weight excluding hydrogens is 548 g/mol. The number of halogens is 1. The number of hydrogen-bond donors (Lipinski definition) is 2. The molecule has 41 heavy (non-hydrogen) atoms. The van der Waals surface area contributed by atoms with Crippen molar-refractivity contribution in [1.29, 1.82) is 0 Å². The van der Waals surface area contributed by atoms with Crippen molar-refractivity contribution in [3.05, 3.63) is 69.4 Å². The maximum Gasteiger partial charge on any atom is 0.410 e. The molecule has 0 aromatic carbocycles. The average Bonchev–Trinajstić information content (AvgIpc) is 3.32. The summed E-state index contributed by atoms with van der Waals surface area (Å²) in [6.45, 7) is 4.43. The van der Waals surface area contributed by atoms with Gasteiger partial charge >= 0.3 is 6.09 Å². The first-order valence-electron chi connectivity index (χ1n) is 13.3. The number of carbonyl (C=O) groups excluding carboxylic acids is 3. The molecule has 3 rings (SSSR count). The van der Waals surface area contributed by atoms with Crippen LogP contribution in [0.4, 0.5) is 10.5 Å². The number of nitrogens with one attached hydrogen (secondary N) is 2. The first kappa shape index (κ1) is 31.4. The zero-order chi connectivity index (χ0) is 30.3. The van der Waals surface area contributed by atoms with Crippen molar-refractivity contribution >= 4 is 46.2 Å². The molecule has 220 valence electrons. The Morgan fingerprint density at radius 1 is 1.20 bits per heavy atom. The highest BCUT2D eigenvalue weighted by Gasteiger charge is 2.24. The highest BCUT2D eigenvalue weighted by Crippen LogP contribution is 2.27. The smallest absolute Gasteiger partial charge is 0.410 e. The number of nitrogens with zero attached hydrogens (tertiary/aromatic N) is 4. The van der Waals surface area contributed by atoms with Gasteiger partial charge in [-0.25, -0.2) is 4.79 Å². The average molecular weight is 585 g/mol. The Labute approximate surface area is 244 Å². The molecule has 0 bridgehead atoms. The van der Waals surface area contributed by atoms with Crippen molar-refractivity contribution in [2.75, 3.05) is 33.5 Å².